The molecule has 0 aliphatic heterocycles. The van der Waals surface area contributed by atoms with Gasteiger partial charge >= 0.3 is 0 Å². The Morgan fingerprint density at radius 2 is 1.94 bits per heavy atom. The molecule has 0 aromatic heterocycles. The molecule has 0 fully saturated rings. The highest BCUT2D eigenvalue weighted by Gasteiger charge is 2.06. The number of carbonyl (C=O) groups is 1. The summed E-state index contributed by atoms with van der Waals surface area (Å²) in [4.78, 5) is 21.5. The molecule has 0 amide bonds. The predicted octanol–water partition coefficient (Wildman–Crippen LogP) is 2.29. The van der Waals surface area contributed by atoms with E-state index >= 15 is 0 Å². The maximum Gasteiger partial charge on any atom is 0.269 e. The topological polar surface area (TPSA) is 72.2 Å². The van der Waals surface area contributed by atoms with Gasteiger partial charge in [-0.2, -0.15) is 0 Å². The molecule has 0 heterocycles. The van der Waals surface area contributed by atoms with Gasteiger partial charge in [-0.25, -0.2) is 0 Å². The van der Waals surface area contributed by atoms with Crippen molar-refractivity contribution in [3.05, 3.63) is 52.2 Å². The molecule has 0 unspecified atom stereocenters. The van der Waals surface area contributed by atoms with E-state index in [1.807, 2.05) is 13.8 Å². The number of hydrogen-bond acceptors (Lipinski definition) is 4. The van der Waals surface area contributed by atoms with Crippen molar-refractivity contribution in [2.75, 3.05) is 0 Å². The highest BCUT2D eigenvalue weighted by molar-refractivity contribution is 6.04. The fraction of sp³-hybridized carbons (Fsp3) is 0.250. The molecule has 5 heteroatoms. The molecule has 0 radical (unpaired) electrons. The Bertz CT molecular complexity index is 436. The predicted molar refractivity (Wildman–Crippen MR) is 64.8 cm³/mol. The van der Waals surface area contributed by atoms with Crippen molar-refractivity contribution < 1.29 is 9.72 Å². The van der Waals surface area contributed by atoms with Crippen LogP contribution < -0.4 is 5.32 Å². The number of nitro groups is 1. The van der Waals surface area contributed by atoms with E-state index in [1.165, 1.54) is 30.3 Å². The summed E-state index contributed by atoms with van der Waals surface area (Å²) in [7, 11) is 0. The number of nitrogens with one attached hydrogen (secondary N) is 1. The van der Waals surface area contributed by atoms with Crippen molar-refractivity contribution in [3.8, 4) is 0 Å². The molecule has 0 spiro atoms. The lowest BCUT2D eigenvalue weighted by atomic mass is 10.1. The Labute approximate surface area is 99.3 Å². The zero-order valence-electron chi connectivity index (χ0n) is 9.71. The zero-order chi connectivity index (χ0) is 12.8. The number of allylic oxidation sites excluding steroid dienone is 1. The molecule has 0 atom stereocenters. The van der Waals surface area contributed by atoms with Crippen LogP contribution in [-0.4, -0.2) is 16.7 Å². The van der Waals surface area contributed by atoms with Crippen molar-refractivity contribution in [2.45, 2.75) is 19.9 Å². The van der Waals surface area contributed by atoms with E-state index in [-0.39, 0.29) is 17.5 Å². The van der Waals surface area contributed by atoms with Gasteiger partial charge in [0.25, 0.3) is 5.69 Å². The molecule has 0 saturated heterocycles. The first-order valence-corrected chi connectivity index (χ1v) is 5.22. The first-order valence-electron chi connectivity index (χ1n) is 5.22. The van der Waals surface area contributed by atoms with E-state index in [2.05, 4.69) is 5.32 Å². The molecule has 1 aromatic rings. The van der Waals surface area contributed by atoms with Crippen LogP contribution in [0, 0.1) is 10.1 Å². The maximum atomic E-state index is 11.6. The lowest BCUT2D eigenvalue weighted by Crippen LogP contribution is -2.15. The fourth-order valence-corrected chi connectivity index (χ4v) is 1.16. The van der Waals surface area contributed by atoms with Crippen LogP contribution in [0.3, 0.4) is 0 Å². The van der Waals surface area contributed by atoms with Gasteiger partial charge in [0.2, 0.25) is 0 Å². The summed E-state index contributed by atoms with van der Waals surface area (Å²) in [5.41, 5.74) is 0.406. The van der Waals surface area contributed by atoms with E-state index in [0.29, 0.717) is 5.56 Å². The average molecular weight is 234 g/mol. The van der Waals surface area contributed by atoms with Gasteiger partial charge in [-0.15, -0.1) is 0 Å². The van der Waals surface area contributed by atoms with Gasteiger partial charge in [0.1, 0.15) is 0 Å². The van der Waals surface area contributed by atoms with Crippen LogP contribution in [0.5, 0.6) is 0 Å². The third-order valence-corrected chi connectivity index (χ3v) is 2.03. The average Bonchev–Trinajstić information content (AvgIpc) is 2.28. The Hall–Kier alpha value is -2.17. The lowest BCUT2D eigenvalue weighted by Gasteiger charge is -2.02. The van der Waals surface area contributed by atoms with Crippen LogP contribution in [0.4, 0.5) is 5.69 Å². The molecule has 0 aliphatic rings. The summed E-state index contributed by atoms with van der Waals surface area (Å²) in [5.74, 6) is -0.187. The van der Waals surface area contributed by atoms with Crippen molar-refractivity contribution in [1.29, 1.82) is 0 Å². The second-order valence-electron chi connectivity index (χ2n) is 3.82. The summed E-state index contributed by atoms with van der Waals surface area (Å²) < 4.78 is 0. The molecular weight excluding hydrogens is 220 g/mol. The van der Waals surface area contributed by atoms with E-state index in [4.69, 9.17) is 0 Å². The number of carbonyl (C=O) groups excluding carboxylic acids is 1. The number of ketones is 1. The third kappa shape index (κ3) is 4.06. The van der Waals surface area contributed by atoms with Crippen molar-refractivity contribution in [3.63, 3.8) is 0 Å². The standard InChI is InChI=1S/C12H14N2O3/c1-9(2)13-8-7-12(15)10-3-5-11(6-4-10)14(16)17/h3-9,13H,1-2H3. The fourth-order valence-electron chi connectivity index (χ4n) is 1.16. The zero-order valence-corrected chi connectivity index (χ0v) is 9.71. The summed E-state index contributed by atoms with van der Waals surface area (Å²) in [6.45, 7) is 3.92. The second kappa shape index (κ2) is 5.79. The summed E-state index contributed by atoms with van der Waals surface area (Å²) in [6, 6.07) is 5.78. The number of nitrogens with zero attached hydrogens (tertiary/aromatic N) is 1. The van der Waals surface area contributed by atoms with Crippen LogP contribution in [0.25, 0.3) is 0 Å². The molecule has 90 valence electrons. The largest absolute Gasteiger partial charge is 0.389 e. The highest BCUT2D eigenvalue weighted by atomic mass is 16.6. The Morgan fingerprint density at radius 1 is 1.35 bits per heavy atom. The number of nitro benzene ring substituents is 1. The minimum absolute atomic E-state index is 0.0224. The molecule has 5 nitrogen and oxygen atoms in total. The molecule has 0 aliphatic carbocycles. The minimum Gasteiger partial charge on any atom is -0.389 e. The summed E-state index contributed by atoms with van der Waals surface area (Å²) >= 11 is 0. The van der Waals surface area contributed by atoms with Crippen LogP contribution >= 0.6 is 0 Å². The van der Waals surface area contributed by atoms with Crippen LogP contribution in [-0.2, 0) is 0 Å². The number of rotatable bonds is 5. The third-order valence-electron chi connectivity index (χ3n) is 2.03. The first-order chi connectivity index (χ1) is 8.00. The van der Waals surface area contributed by atoms with E-state index in [1.54, 1.807) is 6.20 Å². The van der Waals surface area contributed by atoms with E-state index in [9.17, 15) is 14.9 Å². The lowest BCUT2D eigenvalue weighted by molar-refractivity contribution is -0.384. The Balaban J connectivity index is 2.70. The smallest absolute Gasteiger partial charge is 0.269 e. The summed E-state index contributed by atoms with van der Waals surface area (Å²) in [6.07, 6.45) is 2.98. The van der Waals surface area contributed by atoms with Gasteiger partial charge in [0, 0.05) is 36.0 Å². The molecule has 1 rings (SSSR count). The van der Waals surface area contributed by atoms with Gasteiger partial charge in [0.15, 0.2) is 5.78 Å². The highest BCUT2D eigenvalue weighted by Crippen LogP contribution is 2.12. The van der Waals surface area contributed by atoms with Gasteiger partial charge < -0.3 is 5.32 Å². The van der Waals surface area contributed by atoms with Gasteiger partial charge in [-0.05, 0) is 26.0 Å². The molecule has 0 saturated carbocycles. The van der Waals surface area contributed by atoms with E-state index in [0.717, 1.165) is 0 Å². The Morgan fingerprint density at radius 3 is 2.41 bits per heavy atom. The van der Waals surface area contributed by atoms with Gasteiger partial charge in [-0.1, -0.05) is 0 Å². The van der Waals surface area contributed by atoms with Crippen LogP contribution in [0.1, 0.15) is 24.2 Å². The molecule has 1 N–H and O–H groups in total. The molecule has 17 heavy (non-hydrogen) atoms. The van der Waals surface area contributed by atoms with Gasteiger partial charge in [-0.3, -0.25) is 14.9 Å². The molecule has 0 bridgehead atoms. The number of benzene rings is 1. The normalized spacial score (nSPS) is 10.8. The minimum atomic E-state index is -0.496. The SMILES string of the molecule is CC(C)NC=CC(=O)c1ccc([N+](=O)[O-])cc1. The van der Waals surface area contributed by atoms with Crippen LogP contribution in [0.15, 0.2) is 36.5 Å². The van der Waals surface area contributed by atoms with Crippen LogP contribution in [0.2, 0.25) is 0 Å². The van der Waals surface area contributed by atoms with E-state index < -0.39 is 4.92 Å². The number of non-ortho nitro benzene ring substituents is 1. The van der Waals surface area contributed by atoms with Crippen molar-refractivity contribution in [1.82, 2.24) is 5.32 Å². The maximum absolute atomic E-state index is 11.6. The van der Waals surface area contributed by atoms with Crippen molar-refractivity contribution in [2.24, 2.45) is 0 Å². The van der Waals surface area contributed by atoms with Crippen molar-refractivity contribution >= 4 is 11.5 Å². The molecule has 1 aromatic carbocycles. The number of hydrogen-bond donors (Lipinski definition) is 1. The molecular formula is C12H14N2O3. The monoisotopic (exact) mass is 234 g/mol. The summed E-state index contributed by atoms with van der Waals surface area (Å²) in [5, 5.41) is 13.4. The Kier molecular flexibility index (Phi) is 4.39. The first kappa shape index (κ1) is 12.9. The quantitative estimate of drug-likeness (QED) is 0.367. The van der Waals surface area contributed by atoms with Gasteiger partial charge in [0.05, 0.1) is 4.92 Å². The second-order valence-corrected chi connectivity index (χ2v) is 3.82.